The van der Waals surface area contributed by atoms with Gasteiger partial charge >= 0.3 is 0 Å². The molecule has 118 valence electrons. The molecule has 1 aromatic rings. The van der Waals surface area contributed by atoms with Crippen LogP contribution in [0.4, 0.5) is 11.4 Å². The molecule has 2 rings (SSSR count). The van der Waals surface area contributed by atoms with E-state index in [1.54, 1.807) is 12.1 Å². The summed E-state index contributed by atoms with van der Waals surface area (Å²) in [5.41, 5.74) is 7.64. The Morgan fingerprint density at radius 2 is 2.05 bits per heavy atom. The van der Waals surface area contributed by atoms with Crippen LogP contribution in [-0.2, 0) is 10.0 Å². The van der Waals surface area contributed by atoms with Crippen molar-refractivity contribution in [1.29, 1.82) is 0 Å². The molecular weight excluding hydrogens is 286 g/mol. The highest BCUT2D eigenvalue weighted by atomic mass is 32.2. The van der Waals surface area contributed by atoms with Gasteiger partial charge in [0, 0.05) is 26.7 Å². The highest BCUT2D eigenvalue weighted by molar-refractivity contribution is 7.89. The molecule has 2 N–H and O–H groups in total. The van der Waals surface area contributed by atoms with E-state index in [9.17, 15) is 8.42 Å². The zero-order valence-electron chi connectivity index (χ0n) is 13.0. The largest absolute Gasteiger partial charge is 0.397 e. The molecule has 1 heterocycles. The first-order chi connectivity index (χ1) is 9.87. The van der Waals surface area contributed by atoms with Crippen molar-refractivity contribution in [1.82, 2.24) is 4.31 Å². The number of rotatable bonds is 4. The molecule has 1 atom stereocenters. The van der Waals surface area contributed by atoms with Crippen molar-refractivity contribution in [3.8, 4) is 0 Å². The third kappa shape index (κ3) is 3.16. The zero-order valence-corrected chi connectivity index (χ0v) is 13.9. The lowest BCUT2D eigenvalue weighted by Gasteiger charge is -2.38. The lowest BCUT2D eigenvalue weighted by molar-refractivity contribution is 0.450. The van der Waals surface area contributed by atoms with Gasteiger partial charge in [0.1, 0.15) is 0 Å². The zero-order chi connectivity index (χ0) is 15.6. The highest BCUT2D eigenvalue weighted by Crippen LogP contribution is 2.32. The molecule has 1 aliphatic heterocycles. The summed E-state index contributed by atoms with van der Waals surface area (Å²) in [5, 5.41) is 0. The lowest BCUT2D eigenvalue weighted by Crippen LogP contribution is -2.39. The topological polar surface area (TPSA) is 66.6 Å². The van der Waals surface area contributed by atoms with Crippen LogP contribution in [0, 0.1) is 0 Å². The minimum Gasteiger partial charge on any atom is -0.397 e. The van der Waals surface area contributed by atoms with E-state index < -0.39 is 10.0 Å². The Kier molecular flexibility index (Phi) is 4.78. The van der Waals surface area contributed by atoms with Gasteiger partial charge in [0.2, 0.25) is 10.0 Å². The fraction of sp³-hybridized carbons (Fsp3) is 0.600. The summed E-state index contributed by atoms with van der Waals surface area (Å²) in [6.45, 7) is 3.17. The van der Waals surface area contributed by atoms with E-state index in [-0.39, 0.29) is 4.90 Å². The SMILES string of the molecule is CCC1CCCCN1c1ccc(S(=O)(=O)N(C)C)cc1N. The summed E-state index contributed by atoms with van der Waals surface area (Å²) in [6, 6.07) is 5.57. The molecule has 5 nitrogen and oxygen atoms in total. The smallest absolute Gasteiger partial charge is 0.242 e. The first-order valence-electron chi connectivity index (χ1n) is 7.46. The number of hydrogen-bond donors (Lipinski definition) is 1. The second kappa shape index (κ2) is 6.23. The number of hydrogen-bond acceptors (Lipinski definition) is 4. The molecule has 1 saturated heterocycles. The summed E-state index contributed by atoms with van der Waals surface area (Å²) < 4.78 is 25.5. The second-order valence-corrected chi connectivity index (χ2v) is 7.91. The molecule has 0 radical (unpaired) electrons. The maximum Gasteiger partial charge on any atom is 0.242 e. The third-order valence-corrected chi connectivity index (χ3v) is 6.00. The van der Waals surface area contributed by atoms with Gasteiger partial charge in [-0.15, -0.1) is 0 Å². The maximum absolute atomic E-state index is 12.1. The minimum atomic E-state index is -3.43. The van der Waals surface area contributed by atoms with E-state index >= 15 is 0 Å². The van der Waals surface area contributed by atoms with Crippen LogP contribution in [0.3, 0.4) is 0 Å². The summed E-state index contributed by atoms with van der Waals surface area (Å²) in [5.74, 6) is 0. The van der Waals surface area contributed by atoms with Crippen molar-refractivity contribution < 1.29 is 8.42 Å². The summed E-state index contributed by atoms with van der Waals surface area (Å²) in [7, 11) is -0.381. The van der Waals surface area contributed by atoms with E-state index in [0.29, 0.717) is 11.7 Å². The van der Waals surface area contributed by atoms with E-state index in [4.69, 9.17) is 5.73 Å². The first kappa shape index (κ1) is 16.1. The molecule has 0 saturated carbocycles. The van der Waals surface area contributed by atoms with Gasteiger partial charge < -0.3 is 10.6 Å². The fourth-order valence-electron chi connectivity index (χ4n) is 2.91. The number of piperidine rings is 1. The lowest BCUT2D eigenvalue weighted by atomic mass is 9.99. The number of nitrogens with zero attached hydrogens (tertiary/aromatic N) is 2. The minimum absolute atomic E-state index is 0.249. The number of sulfonamides is 1. The maximum atomic E-state index is 12.1. The molecule has 1 fully saturated rings. The van der Waals surface area contributed by atoms with Gasteiger partial charge in [-0.2, -0.15) is 0 Å². The monoisotopic (exact) mass is 311 g/mol. The van der Waals surface area contributed by atoms with Gasteiger partial charge in [-0.05, 0) is 43.9 Å². The Bertz CT molecular complexity index is 599. The molecule has 0 aromatic heterocycles. The van der Waals surface area contributed by atoms with Crippen LogP contribution in [0.2, 0.25) is 0 Å². The van der Waals surface area contributed by atoms with Gasteiger partial charge in [-0.3, -0.25) is 0 Å². The predicted molar refractivity (Wildman–Crippen MR) is 87.0 cm³/mol. The molecule has 6 heteroatoms. The van der Waals surface area contributed by atoms with Crippen molar-refractivity contribution in [2.45, 2.75) is 43.5 Å². The molecule has 1 aromatic carbocycles. The van der Waals surface area contributed by atoms with E-state index in [0.717, 1.165) is 25.1 Å². The molecule has 0 bridgehead atoms. The van der Waals surface area contributed by atoms with E-state index in [2.05, 4.69) is 11.8 Å². The molecule has 1 unspecified atom stereocenters. The normalized spacial score (nSPS) is 20.0. The standard InChI is InChI=1S/C15H25N3O2S/c1-4-12-7-5-6-10-18(12)15-9-8-13(11-14(15)16)21(19,20)17(2)3/h8-9,11-12H,4-7,10,16H2,1-3H3. The Balaban J connectivity index is 2.35. The molecule has 1 aliphatic rings. The molecule has 21 heavy (non-hydrogen) atoms. The third-order valence-electron chi connectivity index (χ3n) is 4.19. The number of anilines is 2. The average molecular weight is 311 g/mol. The number of nitrogen functional groups attached to an aromatic ring is 1. The highest BCUT2D eigenvalue weighted by Gasteiger charge is 2.24. The van der Waals surface area contributed by atoms with Crippen LogP contribution in [-0.4, -0.2) is 39.4 Å². The molecular formula is C15H25N3O2S. The van der Waals surface area contributed by atoms with E-state index in [1.165, 1.54) is 31.2 Å². The van der Waals surface area contributed by atoms with Gasteiger partial charge in [-0.1, -0.05) is 6.92 Å². The van der Waals surface area contributed by atoms with Crippen LogP contribution in [0.5, 0.6) is 0 Å². The van der Waals surface area contributed by atoms with Crippen molar-refractivity contribution >= 4 is 21.4 Å². The Hall–Kier alpha value is -1.27. The fourth-order valence-corrected chi connectivity index (χ4v) is 3.85. The van der Waals surface area contributed by atoms with Crippen molar-refractivity contribution in [2.75, 3.05) is 31.3 Å². The Morgan fingerprint density at radius 1 is 1.33 bits per heavy atom. The molecule has 0 amide bonds. The average Bonchev–Trinajstić information content (AvgIpc) is 2.47. The second-order valence-electron chi connectivity index (χ2n) is 5.76. The van der Waals surface area contributed by atoms with Crippen LogP contribution in [0.1, 0.15) is 32.6 Å². The van der Waals surface area contributed by atoms with Crippen LogP contribution in [0.15, 0.2) is 23.1 Å². The molecule has 0 spiro atoms. The first-order valence-corrected chi connectivity index (χ1v) is 8.90. The quantitative estimate of drug-likeness (QED) is 0.866. The van der Waals surface area contributed by atoms with E-state index in [1.807, 2.05) is 6.07 Å². The van der Waals surface area contributed by atoms with Crippen LogP contribution in [0.25, 0.3) is 0 Å². The predicted octanol–water partition coefficient (Wildman–Crippen LogP) is 2.29. The van der Waals surface area contributed by atoms with Crippen molar-refractivity contribution in [3.63, 3.8) is 0 Å². The van der Waals surface area contributed by atoms with Gasteiger partial charge in [-0.25, -0.2) is 12.7 Å². The number of benzene rings is 1. The molecule has 0 aliphatic carbocycles. The van der Waals surface area contributed by atoms with Gasteiger partial charge in [0.15, 0.2) is 0 Å². The summed E-state index contributed by atoms with van der Waals surface area (Å²) >= 11 is 0. The summed E-state index contributed by atoms with van der Waals surface area (Å²) in [6.07, 6.45) is 4.67. The van der Waals surface area contributed by atoms with Crippen molar-refractivity contribution in [3.05, 3.63) is 18.2 Å². The van der Waals surface area contributed by atoms with Gasteiger partial charge in [0.25, 0.3) is 0 Å². The Morgan fingerprint density at radius 3 is 2.62 bits per heavy atom. The van der Waals surface area contributed by atoms with Crippen LogP contribution < -0.4 is 10.6 Å². The number of nitrogens with two attached hydrogens (primary N) is 1. The van der Waals surface area contributed by atoms with Crippen LogP contribution >= 0.6 is 0 Å². The Labute approximate surface area is 127 Å². The summed E-state index contributed by atoms with van der Waals surface area (Å²) in [4.78, 5) is 2.57. The van der Waals surface area contributed by atoms with Gasteiger partial charge in [0.05, 0.1) is 16.3 Å². The van der Waals surface area contributed by atoms with Crippen molar-refractivity contribution in [2.24, 2.45) is 0 Å².